The quantitative estimate of drug-likeness (QED) is 0.740. The fourth-order valence-electron chi connectivity index (χ4n) is 1.89. The molecule has 3 rings (SSSR count). The number of aryl methyl sites for hydroxylation is 1. The topological polar surface area (TPSA) is 62.7 Å². The number of aromatic nitrogens is 3. The summed E-state index contributed by atoms with van der Waals surface area (Å²) < 4.78 is 14.7. The molecule has 1 amide bonds. The number of carbonyl (C=O) groups is 1. The summed E-state index contributed by atoms with van der Waals surface area (Å²) in [5.74, 6) is -0.171. The first-order valence-corrected chi connectivity index (χ1v) is 5.71. The molecule has 3 aromatic rings. The lowest BCUT2D eigenvalue weighted by Crippen LogP contribution is -2.12. The van der Waals surface area contributed by atoms with E-state index in [9.17, 15) is 9.18 Å². The van der Waals surface area contributed by atoms with E-state index < -0.39 is 0 Å². The van der Waals surface area contributed by atoms with Crippen molar-refractivity contribution in [3.05, 3.63) is 48.0 Å². The van der Waals surface area contributed by atoms with E-state index in [4.69, 9.17) is 0 Å². The SMILES string of the molecule is Cn1ccc(NC(=O)c2cc3cc(F)ccc3[nH]2)n1. The molecule has 0 aliphatic heterocycles. The second kappa shape index (κ2) is 4.24. The van der Waals surface area contributed by atoms with Crippen molar-refractivity contribution in [2.45, 2.75) is 0 Å². The van der Waals surface area contributed by atoms with Crippen LogP contribution in [0.25, 0.3) is 10.9 Å². The third kappa shape index (κ3) is 2.20. The monoisotopic (exact) mass is 258 g/mol. The number of aromatic amines is 1. The van der Waals surface area contributed by atoms with E-state index >= 15 is 0 Å². The molecule has 0 fully saturated rings. The first-order valence-electron chi connectivity index (χ1n) is 5.71. The maximum atomic E-state index is 13.1. The van der Waals surface area contributed by atoms with E-state index in [2.05, 4.69) is 15.4 Å². The molecule has 0 atom stereocenters. The van der Waals surface area contributed by atoms with Gasteiger partial charge in [0.05, 0.1) is 0 Å². The number of amides is 1. The van der Waals surface area contributed by atoms with E-state index in [1.807, 2.05) is 0 Å². The number of anilines is 1. The highest BCUT2D eigenvalue weighted by Gasteiger charge is 2.11. The second-order valence-electron chi connectivity index (χ2n) is 4.24. The number of hydrogen-bond acceptors (Lipinski definition) is 2. The largest absolute Gasteiger partial charge is 0.351 e. The van der Waals surface area contributed by atoms with Crippen molar-refractivity contribution in [2.24, 2.45) is 7.05 Å². The van der Waals surface area contributed by atoms with Crippen LogP contribution in [-0.4, -0.2) is 20.7 Å². The molecule has 2 N–H and O–H groups in total. The predicted molar refractivity (Wildman–Crippen MR) is 69.4 cm³/mol. The Morgan fingerprint density at radius 1 is 1.37 bits per heavy atom. The fraction of sp³-hybridized carbons (Fsp3) is 0.0769. The predicted octanol–water partition coefficient (Wildman–Crippen LogP) is 2.29. The van der Waals surface area contributed by atoms with Crippen LogP contribution in [0.1, 0.15) is 10.5 Å². The number of rotatable bonds is 2. The van der Waals surface area contributed by atoms with Gasteiger partial charge in [-0.2, -0.15) is 5.10 Å². The summed E-state index contributed by atoms with van der Waals surface area (Å²) in [6, 6.07) is 7.63. The van der Waals surface area contributed by atoms with Gasteiger partial charge < -0.3 is 10.3 Å². The standard InChI is InChI=1S/C13H11FN4O/c1-18-5-4-12(17-18)16-13(19)11-7-8-6-9(14)2-3-10(8)15-11/h2-7,15H,1H3,(H,16,17,19). The van der Waals surface area contributed by atoms with Gasteiger partial charge in [0.1, 0.15) is 11.5 Å². The molecular formula is C13H11FN4O. The van der Waals surface area contributed by atoms with Crippen molar-refractivity contribution in [1.82, 2.24) is 14.8 Å². The van der Waals surface area contributed by atoms with Crippen LogP contribution >= 0.6 is 0 Å². The summed E-state index contributed by atoms with van der Waals surface area (Å²) in [6.07, 6.45) is 1.73. The molecule has 2 aromatic heterocycles. The van der Waals surface area contributed by atoms with Gasteiger partial charge in [-0.1, -0.05) is 0 Å². The summed E-state index contributed by atoms with van der Waals surface area (Å²) in [6.45, 7) is 0. The van der Waals surface area contributed by atoms with Crippen LogP contribution in [0.2, 0.25) is 0 Å². The Bertz CT molecular complexity index is 759. The van der Waals surface area contributed by atoms with E-state index in [-0.39, 0.29) is 11.7 Å². The van der Waals surface area contributed by atoms with Crippen LogP contribution in [-0.2, 0) is 7.05 Å². The number of nitrogens with one attached hydrogen (secondary N) is 2. The first kappa shape index (κ1) is 11.5. The number of carbonyl (C=O) groups excluding carboxylic acids is 1. The average Bonchev–Trinajstić information content (AvgIpc) is 2.95. The Hall–Kier alpha value is -2.63. The normalized spacial score (nSPS) is 10.8. The summed E-state index contributed by atoms with van der Waals surface area (Å²) in [7, 11) is 1.77. The Balaban J connectivity index is 1.89. The van der Waals surface area contributed by atoms with Gasteiger partial charge in [0.2, 0.25) is 0 Å². The smallest absolute Gasteiger partial charge is 0.273 e. The number of halogens is 1. The van der Waals surface area contributed by atoms with Gasteiger partial charge in [0, 0.05) is 30.2 Å². The number of benzene rings is 1. The molecule has 0 spiro atoms. The zero-order valence-electron chi connectivity index (χ0n) is 10.1. The van der Waals surface area contributed by atoms with Crippen LogP contribution in [0.3, 0.4) is 0 Å². The first-order chi connectivity index (χ1) is 9.11. The maximum Gasteiger partial charge on any atom is 0.273 e. The van der Waals surface area contributed by atoms with Crippen LogP contribution < -0.4 is 5.32 Å². The van der Waals surface area contributed by atoms with Gasteiger partial charge in [-0.3, -0.25) is 9.48 Å². The van der Waals surface area contributed by atoms with Gasteiger partial charge >= 0.3 is 0 Å². The number of fused-ring (bicyclic) bond motifs is 1. The highest BCUT2D eigenvalue weighted by Crippen LogP contribution is 2.17. The molecule has 96 valence electrons. The van der Waals surface area contributed by atoms with Gasteiger partial charge in [0.25, 0.3) is 5.91 Å². The lowest BCUT2D eigenvalue weighted by atomic mass is 10.2. The van der Waals surface area contributed by atoms with Gasteiger partial charge in [-0.25, -0.2) is 4.39 Å². The highest BCUT2D eigenvalue weighted by molar-refractivity contribution is 6.05. The molecule has 1 aromatic carbocycles. The molecule has 19 heavy (non-hydrogen) atoms. The Morgan fingerprint density at radius 3 is 2.95 bits per heavy atom. The van der Waals surface area contributed by atoms with Crippen LogP contribution in [0, 0.1) is 5.82 Å². The molecular weight excluding hydrogens is 247 g/mol. The zero-order valence-corrected chi connectivity index (χ0v) is 10.1. The average molecular weight is 258 g/mol. The minimum absolute atomic E-state index is 0.310. The van der Waals surface area contributed by atoms with E-state index in [1.54, 1.807) is 36.1 Å². The van der Waals surface area contributed by atoms with E-state index in [0.29, 0.717) is 22.4 Å². The lowest BCUT2D eigenvalue weighted by Gasteiger charge is -1.98. The van der Waals surface area contributed by atoms with Crippen LogP contribution in [0.5, 0.6) is 0 Å². The molecule has 0 saturated carbocycles. The van der Waals surface area contributed by atoms with Gasteiger partial charge in [-0.05, 0) is 24.3 Å². The zero-order chi connectivity index (χ0) is 13.4. The lowest BCUT2D eigenvalue weighted by molar-refractivity contribution is 0.102. The Kier molecular flexibility index (Phi) is 2.56. The van der Waals surface area contributed by atoms with Crippen molar-refractivity contribution >= 4 is 22.6 Å². The third-order valence-electron chi connectivity index (χ3n) is 2.78. The van der Waals surface area contributed by atoms with Crippen molar-refractivity contribution in [2.75, 3.05) is 5.32 Å². The highest BCUT2D eigenvalue weighted by atomic mass is 19.1. The number of H-pyrrole nitrogens is 1. The number of nitrogens with zero attached hydrogens (tertiary/aromatic N) is 2. The molecule has 2 heterocycles. The maximum absolute atomic E-state index is 13.1. The molecule has 0 saturated heterocycles. The minimum Gasteiger partial charge on any atom is -0.351 e. The van der Waals surface area contributed by atoms with Crippen LogP contribution in [0.4, 0.5) is 10.2 Å². The second-order valence-corrected chi connectivity index (χ2v) is 4.24. The minimum atomic E-state index is -0.330. The van der Waals surface area contributed by atoms with Gasteiger partial charge in [0.15, 0.2) is 5.82 Å². The summed E-state index contributed by atoms with van der Waals surface area (Å²) in [5.41, 5.74) is 1.08. The molecule has 0 bridgehead atoms. The van der Waals surface area contributed by atoms with Crippen molar-refractivity contribution in [3.8, 4) is 0 Å². The summed E-state index contributed by atoms with van der Waals surface area (Å²) in [4.78, 5) is 14.9. The molecule has 0 aliphatic rings. The van der Waals surface area contributed by atoms with Crippen molar-refractivity contribution < 1.29 is 9.18 Å². The van der Waals surface area contributed by atoms with E-state index in [1.165, 1.54) is 12.1 Å². The Labute approximate surface area is 108 Å². The van der Waals surface area contributed by atoms with Crippen LogP contribution in [0.15, 0.2) is 36.5 Å². The third-order valence-corrected chi connectivity index (χ3v) is 2.78. The fourth-order valence-corrected chi connectivity index (χ4v) is 1.89. The van der Waals surface area contributed by atoms with Crippen molar-refractivity contribution in [3.63, 3.8) is 0 Å². The molecule has 0 aliphatic carbocycles. The molecule has 6 heteroatoms. The molecule has 5 nitrogen and oxygen atoms in total. The number of hydrogen-bond donors (Lipinski definition) is 2. The Morgan fingerprint density at radius 2 is 2.21 bits per heavy atom. The van der Waals surface area contributed by atoms with E-state index in [0.717, 1.165) is 0 Å². The van der Waals surface area contributed by atoms with Gasteiger partial charge in [-0.15, -0.1) is 0 Å². The molecule has 0 unspecified atom stereocenters. The summed E-state index contributed by atoms with van der Waals surface area (Å²) in [5, 5.41) is 7.37. The summed E-state index contributed by atoms with van der Waals surface area (Å²) >= 11 is 0. The van der Waals surface area contributed by atoms with Crippen molar-refractivity contribution in [1.29, 1.82) is 0 Å². The molecule has 0 radical (unpaired) electrons.